The van der Waals surface area contributed by atoms with E-state index in [9.17, 15) is 0 Å². The molecule has 0 radical (unpaired) electrons. The quantitative estimate of drug-likeness (QED) is 0.562. The molecule has 4 heteroatoms. The Labute approximate surface area is 93.9 Å². The van der Waals surface area contributed by atoms with Crippen LogP contribution in [0.3, 0.4) is 0 Å². The largest absolute Gasteiger partial charge is 0.413 e. The fraction of sp³-hybridized carbons (Fsp3) is 0.818. The van der Waals surface area contributed by atoms with Crippen molar-refractivity contribution in [3.8, 4) is 0 Å². The molecule has 15 heavy (non-hydrogen) atoms. The van der Waals surface area contributed by atoms with E-state index in [4.69, 9.17) is 14.6 Å². The molecule has 0 bridgehead atoms. The van der Waals surface area contributed by atoms with E-state index in [0.717, 1.165) is 5.57 Å². The summed E-state index contributed by atoms with van der Waals surface area (Å²) in [7, 11) is -1.75. The summed E-state index contributed by atoms with van der Waals surface area (Å²) in [6.07, 6.45) is 1.60. The van der Waals surface area contributed by atoms with E-state index in [1.807, 2.05) is 0 Å². The van der Waals surface area contributed by atoms with Crippen molar-refractivity contribution in [3.63, 3.8) is 0 Å². The zero-order valence-electron chi connectivity index (χ0n) is 10.5. The van der Waals surface area contributed by atoms with E-state index < -0.39 is 8.32 Å². The number of hydrogen-bond acceptors (Lipinski definition) is 3. The van der Waals surface area contributed by atoms with Crippen LogP contribution >= 0.6 is 0 Å². The van der Waals surface area contributed by atoms with Gasteiger partial charge in [0.2, 0.25) is 0 Å². The Morgan fingerprint density at radius 2 is 1.80 bits per heavy atom. The molecular weight excluding hydrogens is 208 g/mol. The first-order valence-electron chi connectivity index (χ1n) is 5.28. The highest BCUT2D eigenvalue weighted by molar-refractivity contribution is 6.74. The lowest BCUT2D eigenvalue weighted by Gasteiger charge is -2.36. The highest BCUT2D eigenvalue weighted by Crippen LogP contribution is 2.36. The Hall–Kier alpha value is -0.163. The highest BCUT2D eigenvalue weighted by Gasteiger charge is 2.37. The molecule has 2 N–H and O–H groups in total. The molecule has 0 aliphatic rings. The van der Waals surface area contributed by atoms with Crippen molar-refractivity contribution in [2.45, 2.75) is 38.9 Å². The van der Waals surface area contributed by atoms with Gasteiger partial charge in [-0.25, -0.2) is 0 Å². The SMILES string of the molecule is CC(C)(C)[Si](C)(C)OC/C(=C/CO)CO. The smallest absolute Gasteiger partial charge is 0.192 e. The van der Waals surface area contributed by atoms with Crippen molar-refractivity contribution in [1.29, 1.82) is 0 Å². The molecule has 0 aliphatic carbocycles. The van der Waals surface area contributed by atoms with E-state index in [0.29, 0.717) is 6.61 Å². The fourth-order valence-electron chi connectivity index (χ4n) is 0.788. The third-order valence-electron chi connectivity index (χ3n) is 3.01. The van der Waals surface area contributed by atoms with Gasteiger partial charge in [-0.1, -0.05) is 26.8 Å². The molecule has 0 amide bonds. The van der Waals surface area contributed by atoms with Crippen LogP contribution in [0.2, 0.25) is 18.1 Å². The fourth-order valence-corrected chi connectivity index (χ4v) is 1.77. The Kier molecular flexibility index (Phi) is 5.73. The Bertz CT molecular complexity index is 216. The molecule has 0 unspecified atom stereocenters. The van der Waals surface area contributed by atoms with E-state index in [1.165, 1.54) is 0 Å². The molecule has 90 valence electrons. The summed E-state index contributed by atoms with van der Waals surface area (Å²) >= 11 is 0. The number of hydrogen-bond donors (Lipinski definition) is 2. The molecule has 0 spiro atoms. The zero-order chi connectivity index (χ0) is 12.1. The second-order valence-electron chi connectivity index (χ2n) is 5.25. The molecule has 0 aromatic carbocycles. The Morgan fingerprint density at radius 3 is 2.13 bits per heavy atom. The van der Waals surface area contributed by atoms with Crippen LogP contribution in [0.1, 0.15) is 20.8 Å². The van der Waals surface area contributed by atoms with Crippen LogP contribution in [0.5, 0.6) is 0 Å². The highest BCUT2D eigenvalue weighted by atomic mass is 28.4. The average molecular weight is 232 g/mol. The summed E-state index contributed by atoms with van der Waals surface area (Å²) in [5.41, 5.74) is 0.752. The molecule has 0 saturated heterocycles. The van der Waals surface area contributed by atoms with Crippen molar-refractivity contribution in [2.75, 3.05) is 19.8 Å². The molecule has 0 aromatic rings. The van der Waals surface area contributed by atoms with E-state index in [2.05, 4.69) is 33.9 Å². The van der Waals surface area contributed by atoms with Gasteiger partial charge in [0.05, 0.1) is 19.8 Å². The van der Waals surface area contributed by atoms with Crippen molar-refractivity contribution >= 4 is 8.32 Å². The Balaban J connectivity index is 4.31. The van der Waals surface area contributed by atoms with Crippen molar-refractivity contribution in [3.05, 3.63) is 11.6 Å². The number of aliphatic hydroxyl groups is 2. The molecule has 0 rings (SSSR count). The van der Waals surface area contributed by atoms with Gasteiger partial charge in [-0.15, -0.1) is 0 Å². The third kappa shape index (κ3) is 4.93. The minimum atomic E-state index is -1.75. The van der Waals surface area contributed by atoms with Crippen LogP contribution < -0.4 is 0 Å². The summed E-state index contributed by atoms with van der Waals surface area (Å²) < 4.78 is 5.90. The molecule has 0 saturated carbocycles. The van der Waals surface area contributed by atoms with Gasteiger partial charge in [0.25, 0.3) is 0 Å². The predicted octanol–water partition coefficient (Wildman–Crippen LogP) is 1.92. The lowest BCUT2D eigenvalue weighted by Crippen LogP contribution is -2.41. The summed E-state index contributed by atoms with van der Waals surface area (Å²) in [6, 6.07) is 0. The first kappa shape index (κ1) is 14.8. The molecule has 0 fully saturated rings. The molecule has 0 heterocycles. The van der Waals surface area contributed by atoms with Crippen LogP contribution in [-0.4, -0.2) is 38.4 Å². The normalized spacial score (nSPS) is 14.5. The van der Waals surface area contributed by atoms with Gasteiger partial charge in [-0.05, 0) is 23.7 Å². The van der Waals surface area contributed by atoms with Crippen LogP contribution in [-0.2, 0) is 4.43 Å². The topological polar surface area (TPSA) is 49.7 Å². The minimum Gasteiger partial charge on any atom is -0.413 e. The maximum Gasteiger partial charge on any atom is 0.192 e. The number of aliphatic hydroxyl groups excluding tert-OH is 2. The molecule has 0 aliphatic heterocycles. The van der Waals surface area contributed by atoms with E-state index >= 15 is 0 Å². The summed E-state index contributed by atoms with van der Waals surface area (Å²) in [6.45, 7) is 11.2. The standard InChI is InChI=1S/C11H24O3Si/c1-11(2,3)15(4,5)14-9-10(8-13)6-7-12/h6,12-13H,7-9H2,1-5H3/b10-6+. The van der Waals surface area contributed by atoms with Gasteiger partial charge in [0.1, 0.15) is 0 Å². The van der Waals surface area contributed by atoms with Crippen molar-refractivity contribution in [1.82, 2.24) is 0 Å². The molecule has 3 nitrogen and oxygen atoms in total. The molecular formula is C11H24O3Si. The first-order chi connectivity index (χ1) is 6.74. The van der Waals surface area contributed by atoms with Gasteiger partial charge >= 0.3 is 0 Å². The predicted molar refractivity (Wildman–Crippen MR) is 65.4 cm³/mol. The van der Waals surface area contributed by atoms with E-state index in [-0.39, 0.29) is 18.3 Å². The zero-order valence-corrected chi connectivity index (χ0v) is 11.5. The van der Waals surface area contributed by atoms with Gasteiger partial charge in [-0.2, -0.15) is 0 Å². The van der Waals surface area contributed by atoms with Crippen LogP contribution in [0, 0.1) is 0 Å². The maximum absolute atomic E-state index is 9.01. The molecule has 0 aromatic heterocycles. The van der Waals surface area contributed by atoms with Gasteiger partial charge in [-0.3, -0.25) is 0 Å². The summed E-state index contributed by atoms with van der Waals surface area (Å²) in [4.78, 5) is 0. The molecule has 0 atom stereocenters. The van der Waals surface area contributed by atoms with Crippen LogP contribution in [0.15, 0.2) is 11.6 Å². The average Bonchev–Trinajstić information content (AvgIpc) is 2.10. The third-order valence-corrected chi connectivity index (χ3v) is 7.49. The maximum atomic E-state index is 9.01. The van der Waals surface area contributed by atoms with Crippen LogP contribution in [0.4, 0.5) is 0 Å². The summed E-state index contributed by atoms with van der Waals surface area (Å²) in [5.74, 6) is 0. The van der Waals surface area contributed by atoms with Gasteiger partial charge < -0.3 is 14.6 Å². The van der Waals surface area contributed by atoms with Crippen LogP contribution in [0.25, 0.3) is 0 Å². The Morgan fingerprint density at radius 1 is 1.27 bits per heavy atom. The second kappa shape index (κ2) is 5.79. The van der Waals surface area contributed by atoms with Gasteiger partial charge in [0, 0.05) is 0 Å². The van der Waals surface area contributed by atoms with E-state index in [1.54, 1.807) is 6.08 Å². The monoisotopic (exact) mass is 232 g/mol. The summed E-state index contributed by atoms with van der Waals surface area (Å²) in [5, 5.41) is 17.9. The van der Waals surface area contributed by atoms with Gasteiger partial charge in [0.15, 0.2) is 8.32 Å². The first-order valence-corrected chi connectivity index (χ1v) is 8.19. The second-order valence-corrected chi connectivity index (χ2v) is 10.1. The lowest BCUT2D eigenvalue weighted by molar-refractivity contribution is 0.269. The van der Waals surface area contributed by atoms with Crippen molar-refractivity contribution in [2.24, 2.45) is 0 Å². The lowest BCUT2D eigenvalue weighted by atomic mass is 10.2. The number of rotatable bonds is 5. The minimum absolute atomic E-state index is 0.0449. The van der Waals surface area contributed by atoms with Crippen molar-refractivity contribution < 1.29 is 14.6 Å².